The molecule has 0 bridgehead atoms. The number of hydrogen-bond donors (Lipinski definition) is 2. The van der Waals surface area contributed by atoms with Crippen LogP contribution in [0.25, 0.3) is 0 Å². The molecule has 1 fully saturated rings. The Bertz CT molecular complexity index is 310. The van der Waals surface area contributed by atoms with Crippen LogP contribution in [0.2, 0.25) is 0 Å². The molecule has 2 atom stereocenters. The minimum atomic E-state index is 0.229. The van der Waals surface area contributed by atoms with Crippen LogP contribution in [-0.2, 0) is 0 Å². The Balaban J connectivity index is 2.04. The highest BCUT2D eigenvalue weighted by atomic mass is 16.5. The summed E-state index contributed by atoms with van der Waals surface area (Å²) in [4.78, 5) is 0. The Kier molecular flexibility index (Phi) is 3.23. The Hall–Kier alpha value is -1.06. The van der Waals surface area contributed by atoms with Crippen LogP contribution >= 0.6 is 0 Å². The van der Waals surface area contributed by atoms with Crippen LogP contribution in [0.1, 0.15) is 24.4 Å². The van der Waals surface area contributed by atoms with Crippen LogP contribution in [0.15, 0.2) is 24.3 Å². The van der Waals surface area contributed by atoms with Crippen LogP contribution in [0.3, 0.4) is 0 Å². The second-order valence-corrected chi connectivity index (χ2v) is 3.95. The molecule has 15 heavy (non-hydrogen) atoms. The van der Waals surface area contributed by atoms with Gasteiger partial charge in [0.2, 0.25) is 0 Å². The summed E-state index contributed by atoms with van der Waals surface area (Å²) in [5.41, 5.74) is 1.27. The lowest BCUT2D eigenvalue weighted by molar-refractivity contribution is 0.251. The van der Waals surface area contributed by atoms with Gasteiger partial charge in [0.15, 0.2) is 0 Å². The first-order chi connectivity index (χ1) is 7.33. The van der Waals surface area contributed by atoms with Crippen LogP contribution < -0.4 is 10.1 Å². The standard InChI is InChI=1S/C12H17NO2/c1-15-11-5-2-9(3-6-11)12-7-4-10(8-14)13-12/h2-3,5-6,10,12-14H,4,7-8H2,1H3/t10-,12-/m1/s1. The topological polar surface area (TPSA) is 41.5 Å². The number of benzene rings is 1. The molecule has 82 valence electrons. The van der Waals surface area contributed by atoms with Gasteiger partial charge in [0.05, 0.1) is 13.7 Å². The zero-order valence-corrected chi connectivity index (χ0v) is 8.94. The summed E-state index contributed by atoms with van der Waals surface area (Å²) in [6.45, 7) is 0.229. The average Bonchev–Trinajstić information content (AvgIpc) is 2.78. The van der Waals surface area contributed by atoms with E-state index < -0.39 is 0 Å². The SMILES string of the molecule is COc1ccc([C@H]2CC[C@H](CO)N2)cc1. The van der Waals surface area contributed by atoms with Gasteiger partial charge in [-0.2, -0.15) is 0 Å². The monoisotopic (exact) mass is 207 g/mol. The van der Waals surface area contributed by atoms with Gasteiger partial charge in [-0.25, -0.2) is 0 Å². The molecule has 0 saturated carbocycles. The third kappa shape index (κ3) is 2.30. The lowest BCUT2D eigenvalue weighted by Gasteiger charge is -2.13. The number of aliphatic hydroxyl groups excluding tert-OH is 1. The molecule has 0 spiro atoms. The van der Waals surface area contributed by atoms with E-state index in [1.807, 2.05) is 12.1 Å². The van der Waals surface area contributed by atoms with Gasteiger partial charge < -0.3 is 15.2 Å². The maximum absolute atomic E-state index is 9.03. The van der Waals surface area contributed by atoms with Gasteiger partial charge in [-0.3, -0.25) is 0 Å². The highest BCUT2D eigenvalue weighted by molar-refractivity contribution is 5.29. The smallest absolute Gasteiger partial charge is 0.118 e. The molecule has 0 aliphatic carbocycles. The third-order valence-corrected chi connectivity index (χ3v) is 2.98. The molecule has 1 heterocycles. The van der Waals surface area contributed by atoms with Crippen molar-refractivity contribution >= 4 is 0 Å². The number of aliphatic hydroxyl groups is 1. The van der Waals surface area contributed by atoms with Gasteiger partial charge in [0, 0.05) is 12.1 Å². The van der Waals surface area contributed by atoms with Crippen molar-refractivity contribution in [3.8, 4) is 5.75 Å². The number of methoxy groups -OCH3 is 1. The van der Waals surface area contributed by atoms with Gasteiger partial charge in [-0.15, -0.1) is 0 Å². The molecule has 1 aliphatic heterocycles. The van der Waals surface area contributed by atoms with E-state index in [1.165, 1.54) is 5.56 Å². The molecule has 1 aliphatic rings. The summed E-state index contributed by atoms with van der Waals surface area (Å²) < 4.78 is 5.11. The van der Waals surface area contributed by atoms with Crippen molar-refractivity contribution in [3.63, 3.8) is 0 Å². The Morgan fingerprint density at radius 3 is 2.60 bits per heavy atom. The predicted octanol–water partition coefficient (Wildman–Crippen LogP) is 1.48. The Morgan fingerprint density at radius 2 is 2.07 bits per heavy atom. The van der Waals surface area contributed by atoms with E-state index in [0.29, 0.717) is 6.04 Å². The van der Waals surface area contributed by atoms with E-state index in [0.717, 1.165) is 18.6 Å². The first kappa shape index (κ1) is 10.5. The van der Waals surface area contributed by atoms with Crippen LogP contribution in [0.5, 0.6) is 5.75 Å². The molecule has 0 radical (unpaired) electrons. The molecular formula is C12H17NO2. The summed E-state index contributed by atoms with van der Waals surface area (Å²) >= 11 is 0. The van der Waals surface area contributed by atoms with Crippen LogP contribution in [-0.4, -0.2) is 24.9 Å². The van der Waals surface area contributed by atoms with E-state index in [4.69, 9.17) is 9.84 Å². The summed E-state index contributed by atoms with van der Waals surface area (Å²) in [5.74, 6) is 0.885. The zero-order chi connectivity index (χ0) is 10.7. The van der Waals surface area contributed by atoms with Crippen molar-refractivity contribution < 1.29 is 9.84 Å². The van der Waals surface area contributed by atoms with E-state index in [2.05, 4.69) is 17.4 Å². The highest BCUT2D eigenvalue weighted by Gasteiger charge is 2.23. The number of rotatable bonds is 3. The van der Waals surface area contributed by atoms with Crippen molar-refractivity contribution in [3.05, 3.63) is 29.8 Å². The van der Waals surface area contributed by atoms with E-state index in [-0.39, 0.29) is 12.6 Å². The fraction of sp³-hybridized carbons (Fsp3) is 0.500. The lowest BCUT2D eigenvalue weighted by Crippen LogP contribution is -2.27. The molecule has 1 aromatic carbocycles. The van der Waals surface area contributed by atoms with Crippen LogP contribution in [0.4, 0.5) is 0 Å². The largest absolute Gasteiger partial charge is 0.497 e. The first-order valence-corrected chi connectivity index (χ1v) is 5.34. The van der Waals surface area contributed by atoms with Crippen molar-refractivity contribution in [2.24, 2.45) is 0 Å². The van der Waals surface area contributed by atoms with Crippen LogP contribution in [0, 0.1) is 0 Å². The normalized spacial score (nSPS) is 25.5. The molecule has 3 nitrogen and oxygen atoms in total. The maximum Gasteiger partial charge on any atom is 0.118 e. The van der Waals surface area contributed by atoms with E-state index in [1.54, 1.807) is 7.11 Å². The van der Waals surface area contributed by atoms with Crippen molar-refractivity contribution in [1.29, 1.82) is 0 Å². The van der Waals surface area contributed by atoms with Crippen molar-refractivity contribution in [2.75, 3.05) is 13.7 Å². The van der Waals surface area contributed by atoms with Gasteiger partial charge >= 0.3 is 0 Å². The van der Waals surface area contributed by atoms with E-state index >= 15 is 0 Å². The van der Waals surface area contributed by atoms with Crippen molar-refractivity contribution in [2.45, 2.75) is 24.9 Å². The molecule has 2 rings (SSSR count). The maximum atomic E-state index is 9.03. The summed E-state index contributed by atoms with van der Waals surface area (Å²) in [5, 5.41) is 12.4. The Morgan fingerprint density at radius 1 is 1.33 bits per heavy atom. The molecule has 3 heteroatoms. The minimum Gasteiger partial charge on any atom is -0.497 e. The average molecular weight is 207 g/mol. The number of hydrogen-bond acceptors (Lipinski definition) is 3. The van der Waals surface area contributed by atoms with Gasteiger partial charge in [-0.1, -0.05) is 12.1 Å². The number of ether oxygens (including phenoxy) is 1. The first-order valence-electron chi connectivity index (χ1n) is 5.34. The second kappa shape index (κ2) is 4.64. The van der Waals surface area contributed by atoms with Gasteiger partial charge in [-0.05, 0) is 30.5 Å². The quantitative estimate of drug-likeness (QED) is 0.789. The lowest BCUT2D eigenvalue weighted by atomic mass is 10.1. The molecular weight excluding hydrogens is 190 g/mol. The molecule has 0 unspecified atom stereocenters. The summed E-state index contributed by atoms with van der Waals surface area (Å²) in [6.07, 6.45) is 2.14. The number of nitrogens with one attached hydrogen (secondary N) is 1. The minimum absolute atomic E-state index is 0.229. The third-order valence-electron chi connectivity index (χ3n) is 2.98. The summed E-state index contributed by atoms with van der Waals surface area (Å²) in [6, 6.07) is 8.75. The predicted molar refractivity (Wildman–Crippen MR) is 59.0 cm³/mol. The second-order valence-electron chi connectivity index (χ2n) is 3.95. The molecule has 2 N–H and O–H groups in total. The van der Waals surface area contributed by atoms with E-state index in [9.17, 15) is 0 Å². The van der Waals surface area contributed by atoms with Gasteiger partial charge in [0.1, 0.15) is 5.75 Å². The molecule has 1 aromatic rings. The Labute approximate surface area is 90.1 Å². The van der Waals surface area contributed by atoms with Gasteiger partial charge in [0.25, 0.3) is 0 Å². The van der Waals surface area contributed by atoms with Crippen molar-refractivity contribution in [1.82, 2.24) is 5.32 Å². The fourth-order valence-corrected chi connectivity index (χ4v) is 2.06. The fourth-order valence-electron chi connectivity index (χ4n) is 2.06. The molecule has 0 aromatic heterocycles. The molecule has 0 amide bonds. The summed E-state index contributed by atoms with van der Waals surface area (Å²) in [7, 11) is 1.67. The zero-order valence-electron chi connectivity index (χ0n) is 8.94. The highest BCUT2D eigenvalue weighted by Crippen LogP contribution is 2.27. The molecule has 1 saturated heterocycles.